The Hall–Kier alpha value is -3.41. The van der Waals surface area contributed by atoms with Crippen LogP contribution in [0.15, 0.2) is 51.8 Å². The standard InChI is InChI=1S/C25H29N3O7S/c1-15-7-5-6-8-19(15)26-23(31)16-9-10-20(21(11-16)28(33)34)27-24(32)18(14-36-13-17(30)12-29)22(35-27)25(2,3)4/h5-11,17,29-30H,12-14H2,1-4H3,(H,26,31). The first kappa shape index (κ1) is 27.2. The third kappa shape index (κ3) is 6.04. The summed E-state index contributed by atoms with van der Waals surface area (Å²) in [6.45, 7) is 6.97. The van der Waals surface area contributed by atoms with Crippen molar-refractivity contribution in [2.24, 2.45) is 0 Å². The number of carbonyl (C=O) groups excluding carboxylic acids is 1. The van der Waals surface area contributed by atoms with Crippen LogP contribution in [-0.4, -0.2) is 44.2 Å². The number of aliphatic hydroxyl groups excluding tert-OH is 2. The van der Waals surface area contributed by atoms with E-state index in [0.29, 0.717) is 17.0 Å². The third-order valence-electron chi connectivity index (χ3n) is 5.39. The Morgan fingerprint density at radius 1 is 1.25 bits per heavy atom. The predicted octanol–water partition coefficient (Wildman–Crippen LogP) is 3.78. The van der Waals surface area contributed by atoms with E-state index < -0.39 is 40.2 Å². The van der Waals surface area contributed by atoms with Crippen LogP contribution in [-0.2, 0) is 11.2 Å². The summed E-state index contributed by atoms with van der Waals surface area (Å²) >= 11 is 1.24. The monoisotopic (exact) mass is 515 g/mol. The molecule has 11 heteroatoms. The van der Waals surface area contributed by atoms with Gasteiger partial charge in [-0.15, -0.1) is 4.74 Å². The largest absolute Gasteiger partial charge is 0.394 e. The molecule has 1 unspecified atom stereocenters. The maximum atomic E-state index is 13.3. The summed E-state index contributed by atoms with van der Waals surface area (Å²) in [5.74, 6) is 0.217. The molecule has 0 saturated heterocycles. The summed E-state index contributed by atoms with van der Waals surface area (Å²) in [4.78, 5) is 37.3. The van der Waals surface area contributed by atoms with Crippen LogP contribution in [0.5, 0.6) is 0 Å². The van der Waals surface area contributed by atoms with Crippen LogP contribution in [0.1, 0.15) is 48.0 Å². The molecule has 3 aromatic rings. The van der Waals surface area contributed by atoms with Gasteiger partial charge in [-0.2, -0.15) is 11.8 Å². The minimum absolute atomic E-state index is 0.0538. The maximum absolute atomic E-state index is 13.3. The van der Waals surface area contributed by atoms with Gasteiger partial charge >= 0.3 is 0 Å². The first-order valence-corrected chi connectivity index (χ1v) is 12.4. The average molecular weight is 516 g/mol. The van der Waals surface area contributed by atoms with Crippen LogP contribution < -0.4 is 10.9 Å². The second kappa shape index (κ2) is 11.1. The Labute approximate surface area is 212 Å². The number of aliphatic hydroxyl groups is 2. The first-order chi connectivity index (χ1) is 16.9. The lowest BCUT2D eigenvalue weighted by Crippen LogP contribution is -2.20. The molecule has 0 spiro atoms. The number of nitro groups is 1. The molecule has 0 aliphatic heterocycles. The minimum atomic E-state index is -0.929. The van der Waals surface area contributed by atoms with Crippen molar-refractivity contribution in [3.63, 3.8) is 0 Å². The highest BCUT2D eigenvalue weighted by Crippen LogP contribution is 2.31. The number of anilines is 1. The van der Waals surface area contributed by atoms with Crippen molar-refractivity contribution >= 4 is 29.0 Å². The highest BCUT2D eigenvalue weighted by atomic mass is 32.2. The Kier molecular flexibility index (Phi) is 8.39. The van der Waals surface area contributed by atoms with Crippen LogP contribution >= 0.6 is 11.8 Å². The molecule has 3 N–H and O–H groups in total. The molecule has 1 aromatic heterocycles. The van der Waals surface area contributed by atoms with E-state index in [4.69, 9.17) is 9.63 Å². The summed E-state index contributed by atoms with van der Waals surface area (Å²) < 4.78 is 6.73. The van der Waals surface area contributed by atoms with E-state index in [1.54, 1.807) is 12.1 Å². The van der Waals surface area contributed by atoms with Crippen molar-refractivity contribution in [2.75, 3.05) is 17.7 Å². The van der Waals surface area contributed by atoms with E-state index in [2.05, 4.69) is 5.32 Å². The molecule has 0 aliphatic rings. The van der Waals surface area contributed by atoms with Crippen molar-refractivity contribution in [2.45, 2.75) is 45.0 Å². The van der Waals surface area contributed by atoms with Gasteiger partial charge in [-0.05, 0) is 30.7 Å². The van der Waals surface area contributed by atoms with E-state index in [9.17, 15) is 24.8 Å². The number of para-hydroxylation sites is 1. The zero-order valence-corrected chi connectivity index (χ0v) is 21.3. The first-order valence-electron chi connectivity index (χ1n) is 11.2. The van der Waals surface area contributed by atoms with Gasteiger partial charge in [0.15, 0.2) is 5.69 Å². The van der Waals surface area contributed by atoms with Crippen molar-refractivity contribution in [3.05, 3.63) is 85.4 Å². The predicted molar refractivity (Wildman–Crippen MR) is 138 cm³/mol. The second-order valence-corrected chi connectivity index (χ2v) is 10.4. The fourth-order valence-corrected chi connectivity index (χ4v) is 4.48. The summed E-state index contributed by atoms with van der Waals surface area (Å²) in [5, 5.41) is 33.3. The molecule has 1 heterocycles. The van der Waals surface area contributed by atoms with Crippen LogP contribution in [0.25, 0.3) is 5.69 Å². The lowest BCUT2D eigenvalue weighted by Gasteiger charge is -2.16. The number of amides is 1. The van der Waals surface area contributed by atoms with Crippen LogP contribution in [0, 0.1) is 17.0 Å². The van der Waals surface area contributed by atoms with Crippen molar-refractivity contribution in [3.8, 4) is 5.69 Å². The molecule has 1 amide bonds. The number of thioether (sulfide) groups is 1. The SMILES string of the molecule is Cc1ccccc1NC(=O)c1ccc(-n2oc(C(C)(C)C)c(CSCC(O)CO)c2=O)c([N+](=O)[O-])c1. The molecule has 3 rings (SSSR count). The summed E-state index contributed by atoms with van der Waals surface area (Å²) in [6.07, 6.45) is -0.929. The summed E-state index contributed by atoms with van der Waals surface area (Å²) in [6, 6.07) is 11.0. The fraction of sp³-hybridized carbons (Fsp3) is 0.360. The second-order valence-electron chi connectivity index (χ2n) is 9.33. The number of nitrogens with one attached hydrogen (secondary N) is 1. The molecule has 0 radical (unpaired) electrons. The smallest absolute Gasteiger partial charge is 0.297 e. The molecule has 0 fully saturated rings. The molecule has 192 valence electrons. The highest BCUT2D eigenvalue weighted by molar-refractivity contribution is 7.98. The van der Waals surface area contributed by atoms with Gasteiger partial charge in [0.2, 0.25) is 0 Å². The number of benzene rings is 2. The molecule has 1 atom stereocenters. The number of aryl methyl sites for hydroxylation is 1. The van der Waals surface area contributed by atoms with Crippen molar-refractivity contribution in [1.82, 2.24) is 4.74 Å². The van der Waals surface area contributed by atoms with E-state index in [-0.39, 0.29) is 22.8 Å². The van der Waals surface area contributed by atoms with Crippen LogP contribution in [0.2, 0.25) is 0 Å². The minimum Gasteiger partial charge on any atom is -0.394 e. The Bertz CT molecular complexity index is 1320. The number of nitrogens with zero attached hydrogens (tertiary/aromatic N) is 2. The van der Waals surface area contributed by atoms with Gasteiger partial charge in [-0.3, -0.25) is 19.7 Å². The molecule has 0 aliphatic carbocycles. The molecular weight excluding hydrogens is 486 g/mol. The van der Waals surface area contributed by atoms with E-state index in [1.807, 2.05) is 39.8 Å². The Morgan fingerprint density at radius 3 is 2.56 bits per heavy atom. The molecular formula is C25H29N3O7S. The van der Waals surface area contributed by atoms with E-state index in [1.165, 1.54) is 23.9 Å². The number of rotatable bonds is 9. The number of carbonyl (C=O) groups is 1. The van der Waals surface area contributed by atoms with Crippen LogP contribution in [0.3, 0.4) is 0 Å². The number of nitro benzene ring substituents is 1. The third-order valence-corrected chi connectivity index (χ3v) is 6.51. The lowest BCUT2D eigenvalue weighted by atomic mass is 9.91. The lowest BCUT2D eigenvalue weighted by molar-refractivity contribution is -0.384. The van der Waals surface area contributed by atoms with E-state index >= 15 is 0 Å². The van der Waals surface area contributed by atoms with Crippen molar-refractivity contribution < 1.29 is 24.5 Å². The topological polar surface area (TPSA) is 148 Å². The van der Waals surface area contributed by atoms with Gasteiger partial charge in [0, 0.05) is 34.2 Å². The van der Waals surface area contributed by atoms with Gasteiger partial charge in [0.25, 0.3) is 17.2 Å². The average Bonchev–Trinajstić information content (AvgIpc) is 3.16. The number of hydrogen-bond donors (Lipinski definition) is 3. The van der Waals surface area contributed by atoms with E-state index in [0.717, 1.165) is 16.4 Å². The number of aromatic nitrogens is 1. The van der Waals surface area contributed by atoms with Gasteiger partial charge in [0.05, 0.1) is 23.2 Å². The van der Waals surface area contributed by atoms with Gasteiger partial charge in [-0.25, -0.2) is 0 Å². The fourth-order valence-electron chi connectivity index (χ4n) is 3.52. The zero-order chi connectivity index (χ0) is 26.6. The normalized spacial score (nSPS) is 12.4. The Morgan fingerprint density at radius 2 is 1.94 bits per heavy atom. The zero-order valence-electron chi connectivity index (χ0n) is 20.5. The molecule has 0 saturated carbocycles. The van der Waals surface area contributed by atoms with Crippen LogP contribution in [0.4, 0.5) is 11.4 Å². The summed E-state index contributed by atoms with van der Waals surface area (Å²) in [7, 11) is 0. The quantitative estimate of drug-likeness (QED) is 0.288. The molecule has 36 heavy (non-hydrogen) atoms. The Balaban J connectivity index is 2.01. The van der Waals surface area contributed by atoms with Crippen molar-refractivity contribution in [1.29, 1.82) is 0 Å². The molecule has 2 aromatic carbocycles. The molecule has 0 bridgehead atoms. The van der Waals surface area contributed by atoms with Gasteiger partial charge < -0.3 is 20.1 Å². The highest BCUT2D eigenvalue weighted by Gasteiger charge is 2.30. The van der Waals surface area contributed by atoms with Gasteiger partial charge in [-0.1, -0.05) is 39.0 Å². The van der Waals surface area contributed by atoms with Gasteiger partial charge in [0.1, 0.15) is 5.76 Å². The maximum Gasteiger partial charge on any atom is 0.297 e. The number of hydrogen-bond acceptors (Lipinski definition) is 8. The summed E-state index contributed by atoms with van der Waals surface area (Å²) in [5.41, 5.74) is 0.0779. The molecule has 10 nitrogen and oxygen atoms in total.